The van der Waals surface area contributed by atoms with Crippen molar-refractivity contribution in [3.05, 3.63) is 138 Å². The van der Waals surface area contributed by atoms with Gasteiger partial charge in [-0.15, -0.1) is 0 Å². The first-order valence-corrected chi connectivity index (χ1v) is 31.5. The predicted molar refractivity (Wildman–Crippen MR) is 337 cm³/mol. The van der Waals surface area contributed by atoms with Crippen LogP contribution in [0.3, 0.4) is 0 Å². The van der Waals surface area contributed by atoms with E-state index >= 15 is 0 Å². The van der Waals surface area contributed by atoms with Crippen molar-refractivity contribution in [1.29, 1.82) is 0 Å². The van der Waals surface area contributed by atoms with Crippen LogP contribution < -0.4 is 0 Å². The summed E-state index contributed by atoms with van der Waals surface area (Å²) in [7, 11) is -5.82. The van der Waals surface area contributed by atoms with Crippen LogP contribution in [-0.2, 0) is 29.3 Å². The van der Waals surface area contributed by atoms with Crippen molar-refractivity contribution < 1.29 is 40.8 Å². The van der Waals surface area contributed by atoms with E-state index in [1.165, 1.54) is 12.7 Å². The Morgan fingerprint density at radius 3 is 0.636 bits per heavy atom. The van der Waals surface area contributed by atoms with Gasteiger partial charge in [0.25, 0.3) is 0 Å². The van der Waals surface area contributed by atoms with Crippen molar-refractivity contribution in [2.24, 2.45) is 35.5 Å². The number of rotatable bonds is 12. The zero-order valence-electron chi connectivity index (χ0n) is 53.9. The molecule has 0 bridgehead atoms. The summed E-state index contributed by atoms with van der Waals surface area (Å²) in [6.07, 6.45) is 2.54. The van der Waals surface area contributed by atoms with Crippen LogP contribution in [0.5, 0.6) is 0 Å². The summed E-state index contributed by atoms with van der Waals surface area (Å²) >= 11 is 0. The van der Waals surface area contributed by atoms with Gasteiger partial charge in [-0.3, -0.25) is 24.0 Å². The number of sulfone groups is 2. The quantitative estimate of drug-likeness (QED) is 0.126. The second-order valence-electron chi connectivity index (χ2n) is 18.8. The third-order valence-electron chi connectivity index (χ3n) is 9.74. The molecular weight excluding hydrogens is 1000 g/mol. The lowest BCUT2D eigenvalue weighted by Crippen LogP contribution is -2.13. The molecule has 4 aromatic carbocycles. The maximum Gasteiger partial charge on any atom is 0.180 e. The van der Waals surface area contributed by atoms with Crippen molar-refractivity contribution in [3.63, 3.8) is 0 Å². The molecule has 0 saturated heterocycles. The Kier molecular flexibility index (Phi) is 64.4. The molecule has 0 radical (unpaired) electrons. The van der Waals surface area contributed by atoms with Gasteiger partial charge in [0, 0.05) is 52.5 Å². The summed E-state index contributed by atoms with van der Waals surface area (Å²) in [6, 6.07) is 36.7. The molecule has 77 heavy (non-hydrogen) atoms. The highest BCUT2D eigenvalue weighted by Gasteiger charge is 2.18. The Hall–Kier alpha value is -4.87. The first-order valence-electron chi connectivity index (χ1n) is 28.0. The number of hydrogen-bond donors (Lipinski definition) is 0. The molecule has 0 N–H and O–H groups in total. The van der Waals surface area contributed by atoms with Gasteiger partial charge in [0.1, 0.15) is 21.4 Å². The van der Waals surface area contributed by atoms with Crippen molar-refractivity contribution in [2.45, 2.75) is 209 Å². The van der Waals surface area contributed by atoms with Gasteiger partial charge in [-0.2, -0.15) is 0 Å². The molecule has 4 aromatic rings. The van der Waals surface area contributed by atoms with Gasteiger partial charge in [0.15, 0.2) is 27.2 Å². The van der Waals surface area contributed by atoms with E-state index in [-0.39, 0.29) is 69.0 Å². The highest BCUT2D eigenvalue weighted by Crippen LogP contribution is 2.14. The third-order valence-corrected chi connectivity index (χ3v) is 13.6. The number of ketones is 5. The zero-order valence-corrected chi connectivity index (χ0v) is 55.5. The van der Waals surface area contributed by atoms with E-state index in [2.05, 4.69) is 20.8 Å². The summed E-state index contributed by atoms with van der Waals surface area (Å²) in [5.74, 6) is 2.75. The van der Waals surface area contributed by atoms with Gasteiger partial charge in [-0.05, 0) is 59.6 Å². The molecule has 0 aliphatic carbocycles. The standard InChI is InChI=1S/3C10H12O.C9H12O2S.2C5H10O.C5H12.C4H10O2S.4C2H6/c3*1-8(2)10(11)9-6-4-3-5-7-9;1-8(2)12(10,11)9-6-4-3-5-7-9;2*1-4(2)5(3)6;1-4-5(2)3;1-4(2)7(3,5)6;4*1-2/h3*3-8H,1-2H3;3-8H,1-2H3;2*4H,1-3H3;5H,4H2,1-3H3;4H,1-3H3;4*1-2H3. The minimum absolute atomic E-state index is 0.0948. The van der Waals surface area contributed by atoms with E-state index in [4.69, 9.17) is 0 Å². The smallest absolute Gasteiger partial charge is 0.180 e. The normalized spacial score (nSPS) is 9.71. The van der Waals surface area contributed by atoms with Crippen LogP contribution >= 0.6 is 0 Å². The average Bonchev–Trinajstić information content (AvgIpc) is 3.42. The fourth-order valence-corrected chi connectivity index (χ4v) is 4.77. The van der Waals surface area contributed by atoms with Gasteiger partial charge in [-0.1, -0.05) is 261 Å². The van der Waals surface area contributed by atoms with Crippen LogP contribution in [0.15, 0.2) is 126 Å². The average molecular weight is 1120 g/mol. The molecule has 0 atom stereocenters. The lowest BCUT2D eigenvalue weighted by Gasteiger charge is -2.06. The van der Waals surface area contributed by atoms with E-state index in [1.54, 1.807) is 71.9 Å². The molecule has 0 fully saturated rings. The maximum absolute atomic E-state index is 11.5. The second kappa shape index (κ2) is 55.9. The Morgan fingerprint density at radius 1 is 0.351 bits per heavy atom. The Morgan fingerprint density at radius 2 is 0.519 bits per heavy atom. The predicted octanol–water partition coefficient (Wildman–Crippen LogP) is 18.5. The van der Waals surface area contributed by atoms with Gasteiger partial charge in [-0.25, -0.2) is 16.8 Å². The number of Topliss-reactive ketones (excluding diaryl/α,β-unsaturated/α-hetero) is 5. The lowest BCUT2D eigenvalue weighted by atomic mass is 10.0. The molecule has 9 nitrogen and oxygen atoms in total. The minimum atomic E-state index is -3.08. The van der Waals surface area contributed by atoms with Crippen LogP contribution in [-0.4, -0.2) is 62.5 Å². The summed E-state index contributed by atoms with van der Waals surface area (Å²) in [4.78, 5) is 54.7. The maximum atomic E-state index is 11.5. The van der Waals surface area contributed by atoms with E-state index in [0.717, 1.165) is 22.6 Å². The van der Waals surface area contributed by atoms with Crippen molar-refractivity contribution in [2.75, 3.05) is 6.26 Å². The van der Waals surface area contributed by atoms with E-state index in [9.17, 15) is 40.8 Å². The third kappa shape index (κ3) is 54.3. The molecule has 0 unspecified atom stereocenters. The molecule has 0 heterocycles. The summed E-state index contributed by atoms with van der Waals surface area (Å²) < 4.78 is 43.7. The Bertz CT molecular complexity index is 2040. The molecule has 0 saturated carbocycles. The molecule has 11 heteroatoms. The van der Waals surface area contributed by atoms with Gasteiger partial charge >= 0.3 is 0 Å². The summed E-state index contributed by atoms with van der Waals surface area (Å²) in [5.41, 5.74) is 2.42. The van der Waals surface area contributed by atoms with Gasteiger partial charge in [0.2, 0.25) is 0 Å². The van der Waals surface area contributed by atoms with Crippen LogP contribution in [0, 0.1) is 35.5 Å². The molecule has 0 aliphatic rings. The van der Waals surface area contributed by atoms with Crippen LogP contribution in [0.2, 0.25) is 0 Å². The molecule has 0 aromatic heterocycles. The second-order valence-corrected chi connectivity index (χ2v) is 23.9. The number of carbonyl (C=O) groups is 5. The topological polar surface area (TPSA) is 154 Å². The largest absolute Gasteiger partial charge is 0.300 e. The molecule has 4 rings (SSSR count). The number of benzene rings is 4. The van der Waals surface area contributed by atoms with Crippen LogP contribution in [0.1, 0.15) is 224 Å². The number of hydrogen-bond acceptors (Lipinski definition) is 9. The summed E-state index contributed by atoms with van der Waals surface area (Å²) in [5, 5.41) is -0.576. The highest BCUT2D eigenvalue weighted by molar-refractivity contribution is 7.92. The van der Waals surface area contributed by atoms with E-state index < -0.39 is 19.7 Å². The fraction of sp³-hybridized carbons (Fsp3) is 0.561. The van der Waals surface area contributed by atoms with Crippen molar-refractivity contribution >= 4 is 48.6 Å². The van der Waals surface area contributed by atoms with Gasteiger partial charge < -0.3 is 0 Å². The monoisotopic (exact) mass is 1110 g/mol. The highest BCUT2D eigenvalue weighted by atomic mass is 32.2. The first-order chi connectivity index (χ1) is 35.7. The molecular formula is C66H114O9S2. The molecule has 0 amide bonds. The Labute approximate surface area is 475 Å². The lowest BCUT2D eigenvalue weighted by molar-refractivity contribution is -0.120. The van der Waals surface area contributed by atoms with Crippen LogP contribution in [0.4, 0.5) is 0 Å². The Balaban J connectivity index is -0.000000117. The SMILES string of the molecule is CC.CC.CC.CC.CC(=O)C(C)C.CC(=O)C(C)C.CC(C)C(=O)c1ccccc1.CC(C)C(=O)c1ccccc1.CC(C)C(=O)c1ccccc1.CC(C)S(=O)(=O)c1ccccc1.CC(C)S(C)(=O)=O.CCC(C)C. The molecule has 0 spiro atoms. The minimum Gasteiger partial charge on any atom is -0.300 e. The van der Waals surface area contributed by atoms with E-state index in [1.807, 2.05) is 216 Å². The van der Waals surface area contributed by atoms with Crippen LogP contribution in [0.25, 0.3) is 0 Å². The van der Waals surface area contributed by atoms with Crippen molar-refractivity contribution in [3.8, 4) is 0 Å². The van der Waals surface area contributed by atoms with Gasteiger partial charge in [0.05, 0.1) is 15.4 Å². The molecule has 444 valence electrons. The van der Waals surface area contributed by atoms with E-state index in [0.29, 0.717) is 4.90 Å². The van der Waals surface area contributed by atoms with Crippen molar-refractivity contribution in [1.82, 2.24) is 0 Å². The summed E-state index contributed by atoms with van der Waals surface area (Å²) in [6.45, 7) is 51.6. The fourth-order valence-electron chi connectivity index (χ4n) is 3.69. The first kappa shape index (κ1) is 88.7. The molecule has 0 aliphatic heterocycles. The number of carbonyl (C=O) groups excluding carboxylic acids is 5. The zero-order chi connectivity index (χ0) is 62.7.